The highest BCUT2D eigenvalue weighted by atomic mass is 35.5. The molecule has 0 amide bonds. The van der Waals surface area contributed by atoms with Crippen LogP contribution in [0.15, 0.2) is 24.7 Å². The highest BCUT2D eigenvalue weighted by Gasteiger charge is 2.05. The Kier molecular flexibility index (Phi) is 2.68. The van der Waals surface area contributed by atoms with E-state index in [1.165, 1.54) is 6.20 Å². The summed E-state index contributed by atoms with van der Waals surface area (Å²) in [5, 5.41) is 4.75. The summed E-state index contributed by atoms with van der Waals surface area (Å²) < 4.78 is 1.67. The zero-order valence-electron chi connectivity index (χ0n) is 8.55. The third-order valence-electron chi connectivity index (χ3n) is 2.03. The van der Waals surface area contributed by atoms with Gasteiger partial charge in [-0.1, -0.05) is 25.4 Å². The van der Waals surface area contributed by atoms with Gasteiger partial charge in [0, 0.05) is 6.20 Å². The Balaban J connectivity index is 2.37. The van der Waals surface area contributed by atoms with Gasteiger partial charge < -0.3 is 0 Å². The van der Waals surface area contributed by atoms with Crippen molar-refractivity contribution in [2.45, 2.75) is 19.8 Å². The van der Waals surface area contributed by atoms with Crippen molar-refractivity contribution in [1.29, 1.82) is 0 Å². The Labute approximate surface area is 92.9 Å². The minimum Gasteiger partial charge on any atom is -0.258 e. The zero-order chi connectivity index (χ0) is 10.8. The quantitative estimate of drug-likeness (QED) is 0.784. The van der Waals surface area contributed by atoms with E-state index < -0.39 is 0 Å². The van der Waals surface area contributed by atoms with Gasteiger partial charge in [0.15, 0.2) is 5.82 Å². The number of hydrogen-bond acceptors (Lipinski definition) is 3. The fraction of sp³-hybridized carbons (Fsp3) is 0.300. The van der Waals surface area contributed by atoms with Gasteiger partial charge in [-0.05, 0) is 12.0 Å². The molecule has 2 aromatic heterocycles. The lowest BCUT2D eigenvalue weighted by molar-refractivity contribution is 0.755. The van der Waals surface area contributed by atoms with Crippen molar-refractivity contribution in [2.75, 3.05) is 0 Å². The Hall–Kier alpha value is -1.42. The normalized spacial score (nSPS) is 10.9. The molecule has 4 nitrogen and oxygen atoms in total. The van der Waals surface area contributed by atoms with Crippen LogP contribution in [0.25, 0.3) is 5.82 Å². The van der Waals surface area contributed by atoms with Gasteiger partial charge in [0.25, 0.3) is 0 Å². The van der Waals surface area contributed by atoms with Crippen LogP contribution in [0.2, 0.25) is 5.15 Å². The molecule has 0 saturated heterocycles. The first-order valence-corrected chi connectivity index (χ1v) is 5.08. The fourth-order valence-corrected chi connectivity index (χ4v) is 1.36. The third kappa shape index (κ3) is 2.15. The van der Waals surface area contributed by atoms with E-state index in [0.717, 1.165) is 5.69 Å². The summed E-state index contributed by atoms with van der Waals surface area (Å²) in [6.07, 6.45) is 4.98. The number of nitrogens with zero attached hydrogens (tertiary/aromatic N) is 4. The molecular weight excluding hydrogens is 212 g/mol. The van der Waals surface area contributed by atoms with Gasteiger partial charge in [0.1, 0.15) is 5.15 Å². The molecule has 5 heteroatoms. The van der Waals surface area contributed by atoms with Crippen molar-refractivity contribution in [3.63, 3.8) is 0 Å². The van der Waals surface area contributed by atoms with E-state index in [9.17, 15) is 0 Å². The first-order valence-electron chi connectivity index (χ1n) is 4.70. The fourth-order valence-electron chi connectivity index (χ4n) is 1.22. The first-order chi connectivity index (χ1) is 7.16. The topological polar surface area (TPSA) is 43.6 Å². The SMILES string of the molecule is CC(C)c1ccn(-c2cncc(Cl)n2)n1. The van der Waals surface area contributed by atoms with Gasteiger partial charge in [0.2, 0.25) is 0 Å². The van der Waals surface area contributed by atoms with E-state index in [-0.39, 0.29) is 0 Å². The molecule has 0 radical (unpaired) electrons. The van der Waals surface area contributed by atoms with Crippen LogP contribution in [0.5, 0.6) is 0 Å². The highest BCUT2D eigenvalue weighted by molar-refractivity contribution is 6.29. The minimum absolute atomic E-state index is 0.370. The molecule has 0 aromatic carbocycles. The van der Waals surface area contributed by atoms with Crippen LogP contribution in [0.1, 0.15) is 25.5 Å². The standard InChI is InChI=1S/C10H11ClN4/c1-7(2)8-3-4-15(14-8)10-6-12-5-9(11)13-10/h3-7H,1-2H3. The van der Waals surface area contributed by atoms with Crippen molar-refractivity contribution in [3.8, 4) is 5.82 Å². The molecule has 0 saturated carbocycles. The van der Waals surface area contributed by atoms with Crippen LogP contribution >= 0.6 is 11.6 Å². The van der Waals surface area contributed by atoms with E-state index in [1.807, 2.05) is 12.3 Å². The van der Waals surface area contributed by atoms with Gasteiger partial charge in [0.05, 0.1) is 18.1 Å². The molecule has 78 valence electrons. The Bertz CT molecular complexity index is 464. The Morgan fingerprint density at radius 2 is 2.13 bits per heavy atom. The van der Waals surface area contributed by atoms with Crippen molar-refractivity contribution < 1.29 is 0 Å². The summed E-state index contributed by atoms with van der Waals surface area (Å²) in [7, 11) is 0. The summed E-state index contributed by atoms with van der Waals surface area (Å²) >= 11 is 5.75. The van der Waals surface area contributed by atoms with Crippen LogP contribution in [0.4, 0.5) is 0 Å². The van der Waals surface area contributed by atoms with E-state index in [0.29, 0.717) is 16.9 Å². The number of halogens is 1. The average molecular weight is 223 g/mol. The predicted molar refractivity (Wildman–Crippen MR) is 58.3 cm³/mol. The molecule has 0 bridgehead atoms. The van der Waals surface area contributed by atoms with Gasteiger partial charge in [-0.15, -0.1) is 0 Å². The molecule has 15 heavy (non-hydrogen) atoms. The zero-order valence-corrected chi connectivity index (χ0v) is 9.31. The molecular formula is C10H11ClN4. The van der Waals surface area contributed by atoms with E-state index >= 15 is 0 Å². The molecule has 2 heterocycles. The summed E-state index contributed by atoms with van der Waals surface area (Å²) in [5.41, 5.74) is 1.02. The van der Waals surface area contributed by atoms with Gasteiger partial charge in [-0.2, -0.15) is 5.10 Å². The second kappa shape index (κ2) is 3.98. The molecule has 0 unspecified atom stereocenters. The number of aromatic nitrogens is 4. The van der Waals surface area contributed by atoms with Crippen molar-refractivity contribution in [2.24, 2.45) is 0 Å². The van der Waals surface area contributed by atoms with Crippen molar-refractivity contribution in [3.05, 3.63) is 35.5 Å². The molecule has 2 aromatic rings. The first kappa shape index (κ1) is 10.1. The molecule has 0 spiro atoms. The third-order valence-corrected chi connectivity index (χ3v) is 2.21. The smallest absolute Gasteiger partial charge is 0.173 e. The monoisotopic (exact) mass is 222 g/mol. The minimum atomic E-state index is 0.370. The van der Waals surface area contributed by atoms with Crippen LogP contribution in [-0.4, -0.2) is 19.7 Å². The van der Waals surface area contributed by atoms with Crippen LogP contribution in [0.3, 0.4) is 0 Å². The van der Waals surface area contributed by atoms with Gasteiger partial charge in [-0.25, -0.2) is 9.67 Å². The van der Waals surface area contributed by atoms with E-state index in [2.05, 4.69) is 28.9 Å². The van der Waals surface area contributed by atoms with Gasteiger partial charge >= 0.3 is 0 Å². The average Bonchev–Trinajstić information content (AvgIpc) is 2.66. The lowest BCUT2D eigenvalue weighted by atomic mass is 10.1. The van der Waals surface area contributed by atoms with E-state index in [4.69, 9.17) is 11.6 Å². The highest BCUT2D eigenvalue weighted by Crippen LogP contribution is 2.13. The molecule has 0 atom stereocenters. The van der Waals surface area contributed by atoms with Crippen molar-refractivity contribution >= 4 is 11.6 Å². The molecule has 2 rings (SSSR count). The van der Waals surface area contributed by atoms with Crippen LogP contribution in [-0.2, 0) is 0 Å². The molecule has 0 aliphatic heterocycles. The van der Waals surface area contributed by atoms with Crippen LogP contribution in [0, 0.1) is 0 Å². The molecule has 0 fully saturated rings. The molecule has 0 aliphatic rings. The number of hydrogen-bond donors (Lipinski definition) is 0. The maximum absolute atomic E-state index is 5.75. The summed E-state index contributed by atoms with van der Waals surface area (Å²) in [5.74, 6) is 1.03. The Morgan fingerprint density at radius 1 is 1.33 bits per heavy atom. The van der Waals surface area contributed by atoms with Gasteiger partial charge in [-0.3, -0.25) is 4.98 Å². The molecule has 0 N–H and O–H groups in total. The maximum atomic E-state index is 5.75. The second-order valence-electron chi connectivity index (χ2n) is 3.54. The summed E-state index contributed by atoms with van der Waals surface area (Å²) in [4.78, 5) is 8.08. The van der Waals surface area contributed by atoms with Crippen molar-refractivity contribution in [1.82, 2.24) is 19.7 Å². The van der Waals surface area contributed by atoms with Crippen LogP contribution < -0.4 is 0 Å². The summed E-state index contributed by atoms with van der Waals surface area (Å²) in [6, 6.07) is 1.97. The van der Waals surface area contributed by atoms with E-state index in [1.54, 1.807) is 10.9 Å². The molecule has 0 aliphatic carbocycles. The second-order valence-corrected chi connectivity index (χ2v) is 3.93. The maximum Gasteiger partial charge on any atom is 0.173 e. The summed E-state index contributed by atoms with van der Waals surface area (Å²) in [6.45, 7) is 4.19. The number of rotatable bonds is 2. The lowest BCUT2D eigenvalue weighted by Gasteiger charge is -2.00. The lowest BCUT2D eigenvalue weighted by Crippen LogP contribution is -2.00. The predicted octanol–water partition coefficient (Wildman–Crippen LogP) is 2.44. The Morgan fingerprint density at radius 3 is 2.73 bits per heavy atom. The largest absolute Gasteiger partial charge is 0.258 e.